The number of rotatable bonds is 4. The van der Waals surface area contributed by atoms with Gasteiger partial charge in [-0.2, -0.15) is 0 Å². The molecule has 0 unspecified atom stereocenters. The fourth-order valence-electron chi connectivity index (χ4n) is 1.21. The average Bonchev–Trinajstić information content (AvgIpc) is 2.24. The molecular weight excluding hydrogens is 216 g/mol. The summed E-state index contributed by atoms with van der Waals surface area (Å²) in [7, 11) is 0. The minimum absolute atomic E-state index is 0.378. The summed E-state index contributed by atoms with van der Waals surface area (Å²) < 4.78 is 5.30. The second-order valence-electron chi connectivity index (χ2n) is 4.57. The van der Waals surface area contributed by atoms with Crippen molar-refractivity contribution in [1.29, 1.82) is 0 Å². The Hall–Kier alpha value is -1.84. The molecule has 0 aliphatic heterocycles. The number of pyridine rings is 1. The molecule has 0 bridgehead atoms. The van der Waals surface area contributed by atoms with Gasteiger partial charge in [0.15, 0.2) is 0 Å². The zero-order chi connectivity index (χ0) is 12.9. The van der Waals surface area contributed by atoms with Crippen LogP contribution in [0.15, 0.2) is 31.0 Å². The van der Waals surface area contributed by atoms with E-state index in [1.54, 1.807) is 24.4 Å². The van der Waals surface area contributed by atoms with Crippen LogP contribution in [0.5, 0.6) is 0 Å². The summed E-state index contributed by atoms with van der Waals surface area (Å²) in [6.07, 6.45) is 3.33. The van der Waals surface area contributed by atoms with Crippen molar-refractivity contribution in [3.63, 3.8) is 0 Å². The molecule has 4 heteroatoms. The highest BCUT2D eigenvalue weighted by Gasteiger charge is 2.20. The number of carbonyl (C=O) groups is 1. The van der Waals surface area contributed by atoms with Crippen LogP contribution >= 0.6 is 0 Å². The summed E-state index contributed by atoms with van der Waals surface area (Å²) in [5.74, 6) is 0.138. The molecule has 0 saturated heterocycles. The lowest BCUT2D eigenvalue weighted by Crippen LogP contribution is -2.24. The highest BCUT2D eigenvalue weighted by atomic mass is 16.6. The fraction of sp³-hybridized carbons (Fsp3) is 0.385. The number of hydrogen-bond acceptors (Lipinski definition) is 4. The maximum absolute atomic E-state index is 11.9. The molecule has 0 aromatic carbocycles. The lowest BCUT2D eigenvalue weighted by molar-refractivity contribution is 0.00703. The van der Waals surface area contributed by atoms with Crippen LogP contribution in [0.25, 0.3) is 0 Å². The largest absolute Gasteiger partial charge is 0.456 e. The van der Waals surface area contributed by atoms with Crippen molar-refractivity contribution in [3.8, 4) is 0 Å². The van der Waals surface area contributed by atoms with Gasteiger partial charge in [-0.15, -0.1) is 6.58 Å². The molecule has 0 atom stereocenters. The monoisotopic (exact) mass is 234 g/mol. The lowest BCUT2D eigenvalue weighted by Gasteiger charge is -2.20. The zero-order valence-corrected chi connectivity index (χ0v) is 10.5. The van der Waals surface area contributed by atoms with Crippen molar-refractivity contribution in [2.24, 2.45) is 0 Å². The van der Waals surface area contributed by atoms with Crippen LogP contribution in [0.2, 0.25) is 0 Å². The Morgan fingerprint density at radius 3 is 2.88 bits per heavy atom. The van der Waals surface area contributed by atoms with Gasteiger partial charge in [0.05, 0.1) is 0 Å². The molecule has 17 heavy (non-hydrogen) atoms. The van der Waals surface area contributed by atoms with Crippen LogP contribution in [0.4, 0.5) is 5.82 Å². The Morgan fingerprint density at radius 1 is 1.59 bits per heavy atom. The molecule has 0 radical (unpaired) electrons. The van der Waals surface area contributed by atoms with Crippen LogP contribution < -0.4 is 5.32 Å². The van der Waals surface area contributed by atoms with Crippen LogP contribution in [0.1, 0.15) is 31.1 Å². The summed E-state index contributed by atoms with van der Waals surface area (Å²) in [5.41, 5.74) is -0.0768. The molecule has 1 heterocycles. The molecule has 0 saturated carbocycles. The first kappa shape index (κ1) is 13.2. The molecule has 1 N–H and O–H groups in total. The third-order valence-electron chi connectivity index (χ3n) is 1.84. The maximum atomic E-state index is 11.9. The van der Waals surface area contributed by atoms with Gasteiger partial charge in [-0.3, -0.25) is 0 Å². The molecule has 0 aliphatic rings. The van der Waals surface area contributed by atoms with Crippen LogP contribution in [0.3, 0.4) is 0 Å². The van der Waals surface area contributed by atoms with E-state index in [1.807, 2.05) is 20.8 Å². The second kappa shape index (κ2) is 5.48. The number of ether oxygens (including phenoxy) is 1. The topological polar surface area (TPSA) is 51.2 Å². The Balaban J connectivity index is 2.88. The van der Waals surface area contributed by atoms with E-state index >= 15 is 0 Å². The molecule has 1 rings (SSSR count). The summed E-state index contributed by atoms with van der Waals surface area (Å²) in [4.78, 5) is 16.0. The summed E-state index contributed by atoms with van der Waals surface area (Å²) >= 11 is 0. The number of nitrogens with zero attached hydrogens (tertiary/aromatic N) is 1. The van der Waals surface area contributed by atoms with E-state index in [0.29, 0.717) is 17.9 Å². The average molecular weight is 234 g/mol. The number of nitrogens with one attached hydrogen (secondary N) is 1. The smallest absolute Gasteiger partial charge is 0.342 e. The Bertz CT molecular complexity index is 408. The van der Waals surface area contributed by atoms with Crippen molar-refractivity contribution >= 4 is 11.8 Å². The highest BCUT2D eigenvalue weighted by molar-refractivity contribution is 5.94. The molecule has 0 aliphatic carbocycles. The third-order valence-corrected chi connectivity index (χ3v) is 1.84. The number of hydrogen-bond donors (Lipinski definition) is 1. The Kier molecular flexibility index (Phi) is 4.26. The van der Waals surface area contributed by atoms with Gasteiger partial charge in [0, 0.05) is 12.7 Å². The first-order chi connectivity index (χ1) is 7.94. The fourth-order valence-corrected chi connectivity index (χ4v) is 1.21. The van der Waals surface area contributed by atoms with Crippen molar-refractivity contribution in [1.82, 2.24) is 4.98 Å². The zero-order valence-electron chi connectivity index (χ0n) is 10.5. The Morgan fingerprint density at radius 2 is 2.29 bits per heavy atom. The third kappa shape index (κ3) is 4.26. The molecule has 0 spiro atoms. The van der Waals surface area contributed by atoms with E-state index in [2.05, 4.69) is 16.9 Å². The highest BCUT2D eigenvalue weighted by Crippen LogP contribution is 2.17. The van der Waals surface area contributed by atoms with E-state index in [9.17, 15) is 4.79 Å². The van der Waals surface area contributed by atoms with Crippen molar-refractivity contribution in [2.45, 2.75) is 26.4 Å². The van der Waals surface area contributed by atoms with Gasteiger partial charge in [0.2, 0.25) is 0 Å². The van der Waals surface area contributed by atoms with E-state index in [4.69, 9.17) is 4.74 Å². The minimum atomic E-state index is -0.511. The van der Waals surface area contributed by atoms with Gasteiger partial charge in [-0.05, 0) is 32.9 Å². The van der Waals surface area contributed by atoms with Crippen LogP contribution in [-0.2, 0) is 4.74 Å². The number of anilines is 1. The van der Waals surface area contributed by atoms with Gasteiger partial charge < -0.3 is 10.1 Å². The number of carbonyl (C=O) groups excluding carboxylic acids is 1. The summed E-state index contributed by atoms with van der Waals surface area (Å²) in [5, 5.41) is 3.00. The molecule has 0 fully saturated rings. The van der Waals surface area contributed by atoms with E-state index in [1.165, 1.54) is 0 Å². The predicted octanol–water partition coefficient (Wildman–Crippen LogP) is 2.63. The lowest BCUT2D eigenvalue weighted by atomic mass is 10.2. The number of aromatic nitrogens is 1. The van der Waals surface area contributed by atoms with E-state index in [0.717, 1.165) is 0 Å². The molecule has 0 amide bonds. The molecule has 1 aromatic heterocycles. The van der Waals surface area contributed by atoms with Crippen molar-refractivity contribution < 1.29 is 9.53 Å². The second-order valence-corrected chi connectivity index (χ2v) is 4.57. The van der Waals surface area contributed by atoms with Gasteiger partial charge in [0.25, 0.3) is 0 Å². The molecule has 4 nitrogen and oxygen atoms in total. The van der Waals surface area contributed by atoms with Gasteiger partial charge >= 0.3 is 5.97 Å². The van der Waals surface area contributed by atoms with Crippen molar-refractivity contribution in [3.05, 3.63) is 36.5 Å². The van der Waals surface area contributed by atoms with Crippen LogP contribution in [0, 0.1) is 0 Å². The van der Waals surface area contributed by atoms with E-state index < -0.39 is 5.60 Å². The van der Waals surface area contributed by atoms with Gasteiger partial charge in [-0.25, -0.2) is 9.78 Å². The molecule has 92 valence electrons. The van der Waals surface area contributed by atoms with Gasteiger partial charge in [0.1, 0.15) is 17.0 Å². The molecule has 1 aromatic rings. The quantitative estimate of drug-likeness (QED) is 0.642. The Labute approximate surface area is 102 Å². The van der Waals surface area contributed by atoms with Gasteiger partial charge in [-0.1, -0.05) is 6.08 Å². The predicted molar refractivity (Wildman–Crippen MR) is 68.1 cm³/mol. The summed E-state index contributed by atoms with van der Waals surface area (Å²) in [6.45, 7) is 9.65. The minimum Gasteiger partial charge on any atom is -0.456 e. The molecular formula is C13H18N2O2. The first-order valence-corrected chi connectivity index (χ1v) is 5.47. The first-order valence-electron chi connectivity index (χ1n) is 5.47. The standard InChI is InChI=1S/C13H18N2O2/c1-5-8-14-11-10(7-6-9-15-11)12(16)17-13(2,3)4/h5-7,9H,1,8H2,2-4H3,(H,14,15). The van der Waals surface area contributed by atoms with Crippen LogP contribution in [-0.4, -0.2) is 23.1 Å². The normalized spacial score (nSPS) is 10.8. The van der Waals surface area contributed by atoms with E-state index in [-0.39, 0.29) is 5.97 Å². The SMILES string of the molecule is C=CCNc1ncccc1C(=O)OC(C)(C)C. The maximum Gasteiger partial charge on any atom is 0.342 e. The summed E-state index contributed by atoms with van der Waals surface area (Å²) in [6, 6.07) is 3.39. The number of esters is 1. The van der Waals surface area contributed by atoms with Crippen molar-refractivity contribution in [2.75, 3.05) is 11.9 Å².